The maximum atomic E-state index is 4.60. The van der Waals surface area contributed by atoms with Gasteiger partial charge in [-0.25, -0.2) is 0 Å². The lowest BCUT2D eigenvalue weighted by Gasteiger charge is -2.19. The van der Waals surface area contributed by atoms with E-state index in [0.29, 0.717) is 0 Å². The number of aromatic nitrogens is 1. The molecule has 0 aliphatic rings. The van der Waals surface area contributed by atoms with Crippen molar-refractivity contribution in [3.05, 3.63) is 139 Å². The van der Waals surface area contributed by atoms with E-state index in [1.807, 2.05) is 18.3 Å². The van der Waals surface area contributed by atoms with E-state index < -0.39 is 0 Å². The molecule has 0 fully saturated rings. The standard InChI is InChI=1S/C36H25N/c1-24-20-21-33(28-14-3-2-13-27(24)28)36-31-17-6-4-15-29(31)35(30-16-5-7-18-32(30)36)26-12-10-11-25(23-26)34-19-8-9-22-37-34/h2-23H,1H3. The summed E-state index contributed by atoms with van der Waals surface area (Å²) in [6.45, 7) is 2.19. The molecular formula is C36H25N. The molecular weight excluding hydrogens is 446 g/mol. The first-order valence-electron chi connectivity index (χ1n) is 12.7. The van der Waals surface area contributed by atoms with Crippen molar-refractivity contribution in [2.24, 2.45) is 0 Å². The first kappa shape index (κ1) is 21.5. The van der Waals surface area contributed by atoms with Crippen LogP contribution in [0.4, 0.5) is 0 Å². The van der Waals surface area contributed by atoms with Gasteiger partial charge >= 0.3 is 0 Å². The molecule has 174 valence electrons. The van der Waals surface area contributed by atoms with Crippen LogP contribution in [0.15, 0.2) is 134 Å². The maximum Gasteiger partial charge on any atom is 0.0702 e. The number of fused-ring (bicyclic) bond motifs is 3. The monoisotopic (exact) mass is 471 g/mol. The lowest BCUT2D eigenvalue weighted by Crippen LogP contribution is -1.92. The third-order valence-corrected chi connectivity index (χ3v) is 7.45. The van der Waals surface area contributed by atoms with Gasteiger partial charge in [-0.15, -0.1) is 0 Å². The molecule has 0 aliphatic heterocycles. The predicted octanol–water partition coefficient (Wildman–Crippen LogP) is 9.85. The Hall–Kier alpha value is -4.75. The Morgan fingerprint density at radius 1 is 0.432 bits per heavy atom. The largest absolute Gasteiger partial charge is 0.256 e. The molecule has 1 nitrogen and oxygen atoms in total. The van der Waals surface area contributed by atoms with Gasteiger partial charge < -0.3 is 0 Å². The zero-order valence-corrected chi connectivity index (χ0v) is 20.6. The van der Waals surface area contributed by atoms with Gasteiger partial charge in [-0.1, -0.05) is 109 Å². The number of rotatable bonds is 3. The summed E-state index contributed by atoms with van der Waals surface area (Å²) in [6.07, 6.45) is 1.85. The van der Waals surface area contributed by atoms with Crippen LogP contribution in [-0.4, -0.2) is 4.98 Å². The minimum atomic E-state index is 0.987. The number of hydrogen-bond donors (Lipinski definition) is 0. The van der Waals surface area contributed by atoms with Gasteiger partial charge in [0.2, 0.25) is 0 Å². The molecule has 0 saturated carbocycles. The van der Waals surface area contributed by atoms with Crippen LogP contribution >= 0.6 is 0 Å². The SMILES string of the molecule is Cc1ccc(-c2c3ccccc3c(-c3cccc(-c4ccccn4)c3)c3ccccc23)c2ccccc12. The van der Waals surface area contributed by atoms with Crippen molar-refractivity contribution < 1.29 is 0 Å². The fraction of sp³-hybridized carbons (Fsp3) is 0.0278. The van der Waals surface area contributed by atoms with Gasteiger partial charge in [-0.05, 0) is 85.3 Å². The Morgan fingerprint density at radius 3 is 1.65 bits per heavy atom. The molecule has 0 aliphatic carbocycles. The molecule has 0 N–H and O–H groups in total. The zero-order chi connectivity index (χ0) is 24.8. The minimum Gasteiger partial charge on any atom is -0.256 e. The molecule has 6 aromatic carbocycles. The van der Waals surface area contributed by atoms with Gasteiger partial charge in [0, 0.05) is 11.8 Å². The number of benzene rings is 6. The number of aryl methyl sites for hydroxylation is 1. The van der Waals surface area contributed by atoms with Crippen molar-refractivity contribution in [3.63, 3.8) is 0 Å². The van der Waals surface area contributed by atoms with E-state index in [1.165, 1.54) is 60.1 Å². The van der Waals surface area contributed by atoms with E-state index in [4.69, 9.17) is 0 Å². The summed E-state index contributed by atoms with van der Waals surface area (Å²) < 4.78 is 0. The van der Waals surface area contributed by atoms with E-state index in [2.05, 4.69) is 127 Å². The van der Waals surface area contributed by atoms with E-state index in [9.17, 15) is 0 Å². The highest BCUT2D eigenvalue weighted by Crippen LogP contribution is 2.45. The van der Waals surface area contributed by atoms with Gasteiger partial charge in [0.25, 0.3) is 0 Å². The Bertz CT molecular complexity index is 1880. The maximum absolute atomic E-state index is 4.60. The van der Waals surface area contributed by atoms with Crippen molar-refractivity contribution in [3.8, 4) is 33.5 Å². The van der Waals surface area contributed by atoms with Crippen molar-refractivity contribution >= 4 is 32.3 Å². The van der Waals surface area contributed by atoms with Gasteiger partial charge in [0.05, 0.1) is 5.69 Å². The molecule has 0 unspecified atom stereocenters. The lowest BCUT2D eigenvalue weighted by atomic mass is 9.84. The van der Waals surface area contributed by atoms with Crippen LogP contribution in [0.5, 0.6) is 0 Å². The third kappa shape index (κ3) is 3.51. The van der Waals surface area contributed by atoms with Crippen LogP contribution in [-0.2, 0) is 0 Å². The molecule has 0 spiro atoms. The molecule has 0 radical (unpaired) electrons. The summed E-state index contributed by atoms with van der Waals surface area (Å²) in [7, 11) is 0. The third-order valence-electron chi connectivity index (χ3n) is 7.45. The normalized spacial score (nSPS) is 11.4. The number of pyridine rings is 1. The lowest BCUT2D eigenvalue weighted by molar-refractivity contribution is 1.33. The summed E-state index contributed by atoms with van der Waals surface area (Å²) in [4.78, 5) is 4.60. The summed E-state index contributed by atoms with van der Waals surface area (Å²) in [5.74, 6) is 0. The number of hydrogen-bond acceptors (Lipinski definition) is 1. The van der Waals surface area contributed by atoms with E-state index >= 15 is 0 Å². The Morgan fingerprint density at radius 2 is 1.00 bits per heavy atom. The fourth-order valence-corrected chi connectivity index (χ4v) is 5.76. The summed E-state index contributed by atoms with van der Waals surface area (Å²) in [6, 6.07) is 45.9. The first-order chi connectivity index (χ1) is 18.3. The van der Waals surface area contributed by atoms with E-state index in [0.717, 1.165) is 11.3 Å². The highest BCUT2D eigenvalue weighted by atomic mass is 14.7. The van der Waals surface area contributed by atoms with Crippen molar-refractivity contribution in [2.45, 2.75) is 6.92 Å². The minimum absolute atomic E-state index is 0.987. The van der Waals surface area contributed by atoms with Gasteiger partial charge in [-0.3, -0.25) is 4.98 Å². The molecule has 1 heterocycles. The van der Waals surface area contributed by atoms with Crippen molar-refractivity contribution in [2.75, 3.05) is 0 Å². The molecule has 0 amide bonds. The molecule has 0 bridgehead atoms. The first-order valence-corrected chi connectivity index (χ1v) is 12.7. The Kier molecular flexibility index (Phi) is 5.08. The second-order valence-corrected chi connectivity index (χ2v) is 9.61. The quantitative estimate of drug-likeness (QED) is 0.234. The Labute approximate surface area is 216 Å². The topological polar surface area (TPSA) is 12.9 Å². The van der Waals surface area contributed by atoms with Crippen LogP contribution in [0.3, 0.4) is 0 Å². The molecule has 1 heteroatoms. The van der Waals surface area contributed by atoms with Crippen LogP contribution in [0.2, 0.25) is 0 Å². The van der Waals surface area contributed by atoms with Crippen molar-refractivity contribution in [1.82, 2.24) is 4.98 Å². The van der Waals surface area contributed by atoms with Gasteiger partial charge in [-0.2, -0.15) is 0 Å². The molecule has 7 rings (SSSR count). The van der Waals surface area contributed by atoms with Crippen LogP contribution < -0.4 is 0 Å². The van der Waals surface area contributed by atoms with Crippen molar-refractivity contribution in [1.29, 1.82) is 0 Å². The average Bonchev–Trinajstić information content (AvgIpc) is 2.97. The highest BCUT2D eigenvalue weighted by Gasteiger charge is 2.18. The zero-order valence-electron chi connectivity index (χ0n) is 20.6. The summed E-state index contributed by atoms with van der Waals surface area (Å²) in [5, 5.41) is 7.67. The fourth-order valence-electron chi connectivity index (χ4n) is 5.76. The summed E-state index contributed by atoms with van der Waals surface area (Å²) in [5.41, 5.74) is 8.46. The second-order valence-electron chi connectivity index (χ2n) is 9.61. The van der Waals surface area contributed by atoms with Crippen LogP contribution in [0.1, 0.15) is 5.56 Å². The number of nitrogens with zero attached hydrogens (tertiary/aromatic N) is 1. The smallest absolute Gasteiger partial charge is 0.0702 e. The molecule has 0 atom stereocenters. The van der Waals surface area contributed by atoms with Gasteiger partial charge in [0.1, 0.15) is 0 Å². The highest BCUT2D eigenvalue weighted by molar-refractivity contribution is 6.23. The Balaban J connectivity index is 1.60. The molecule has 7 aromatic rings. The molecule has 1 aromatic heterocycles. The van der Waals surface area contributed by atoms with E-state index in [-0.39, 0.29) is 0 Å². The summed E-state index contributed by atoms with van der Waals surface area (Å²) >= 11 is 0. The second kappa shape index (κ2) is 8.72. The van der Waals surface area contributed by atoms with E-state index in [1.54, 1.807) is 0 Å². The van der Waals surface area contributed by atoms with Crippen LogP contribution in [0.25, 0.3) is 65.8 Å². The average molecular weight is 472 g/mol. The van der Waals surface area contributed by atoms with Gasteiger partial charge in [0.15, 0.2) is 0 Å². The van der Waals surface area contributed by atoms with Crippen LogP contribution in [0, 0.1) is 6.92 Å². The molecule has 0 saturated heterocycles. The predicted molar refractivity (Wildman–Crippen MR) is 158 cm³/mol. The molecule has 37 heavy (non-hydrogen) atoms.